The maximum Gasteiger partial charge on any atom is 0.128 e. The van der Waals surface area contributed by atoms with Crippen molar-refractivity contribution in [3.8, 4) is 11.5 Å². The minimum absolute atomic E-state index is 0.0241. The van der Waals surface area contributed by atoms with Crippen molar-refractivity contribution >= 4 is 18.0 Å². The largest absolute Gasteiger partial charge is 0.507 e. The molecular formula is C35H50N2O2. The fraction of sp³-hybridized carbons (Fsp3) is 0.543. The summed E-state index contributed by atoms with van der Waals surface area (Å²) in [6.07, 6.45) is 7.81. The molecule has 4 nitrogen and oxygen atoms in total. The third kappa shape index (κ3) is 7.41. The van der Waals surface area contributed by atoms with Gasteiger partial charge >= 0.3 is 0 Å². The molecule has 0 spiro atoms. The summed E-state index contributed by atoms with van der Waals surface area (Å²) < 4.78 is 0. The zero-order valence-electron chi connectivity index (χ0n) is 25.9. The highest BCUT2D eigenvalue weighted by Crippen LogP contribution is 2.38. The number of rotatable bonds is 5. The summed E-state index contributed by atoms with van der Waals surface area (Å²) in [5.74, 6) is 0.595. The Bertz CT molecular complexity index is 1260. The van der Waals surface area contributed by atoms with E-state index in [9.17, 15) is 10.2 Å². The lowest BCUT2D eigenvalue weighted by Crippen LogP contribution is -2.27. The van der Waals surface area contributed by atoms with Gasteiger partial charge in [0.25, 0.3) is 0 Å². The van der Waals surface area contributed by atoms with E-state index in [1.165, 1.54) is 5.56 Å². The zero-order valence-corrected chi connectivity index (χ0v) is 25.9. The van der Waals surface area contributed by atoms with E-state index in [0.29, 0.717) is 5.75 Å². The molecule has 0 heterocycles. The van der Waals surface area contributed by atoms with Crippen molar-refractivity contribution < 1.29 is 10.2 Å². The van der Waals surface area contributed by atoms with Gasteiger partial charge in [0.05, 0.1) is 12.1 Å². The Labute approximate surface area is 237 Å². The highest BCUT2D eigenvalue weighted by molar-refractivity contribution is 5.87. The van der Waals surface area contributed by atoms with Crippen LogP contribution in [-0.2, 0) is 16.2 Å². The summed E-state index contributed by atoms with van der Waals surface area (Å²) in [5.41, 5.74) is 6.06. The van der Waals surface area contributed by atoms with Crippen molar-refractivity contribution in [2.24, 2.45) is 9.98 Å². The lowest BCUT2D eigenvalue weighted by Gasteiger charge is -2.28. The smallest absolute Gasteiger partial charge is 0.128 e. The van der Waals surface area contributed by atoms with Gasteiger partial charge in [-0.2, -0.15) is 0 Å². The standard InChI is InChI=1S/C35H50N2O2/c1-22(2)23-16-24(31(38)27(18-23)34(6,7)8)20-36-29-14-12-13-15-30(29)37-21-25-17-26(33(3,4)5)19-28(32(25)39)35(9,10)11/h16-21,29-30,38-39H,1,12-15H2,2-11H3/b36-20+,37-21+/t29?,30-/m0/s1. The second-order valence-electron chi connectivity index (χ2n) is 14.4. The monoisotopic (exact) mass is 530 g/mol. The Hall–Kier alpha value is -2.88. The van der Waals surface area contributed by atoms with Crippen LogP contribution >= 0.6 is 0 Å². The molecule has 0 saturated heterocycles. The van der Waals surface area contributed by atoms with E-state index in [2.05, 4.69) is 81.0 Å². The van der Waals surface area contributed by atoms with E-state index < -0.39 is 0 Å². The molecule has 1 aliphatic carbocycles. The van der Waals surface area contributed by atoms with Crippen molar-refractivity contribution in [2.45, 2.75) is 123 Å². The van der Waals surface area contributed by atoms with Gasteiger partial charge in [-0.25, -0.2) is 0 Å². The van der Waals surface area contributed by atoms with Gasteiger partial charge in [-0.15, -0.1) is 0 Å². The molecule has 2 N–H and O–H groups in total. The number of phenolic OH excluding ortho intramolecular Hbond substituents is 2. The number of allylic oxidation sites excluding steroid dienone is 1. The van der Waals surface area contributed by atoms with Crippen molar-refractivity contribution in [1.29, 1.82) is 0 Å². The first-order chi connectivity index (χ1) is 17.9. The highest BCUT2D eigenvalue weighted by Gasteiger charge is 2.27. The lowest BCUT2D eigenvalue weighted by atomic mass is 9.79. The van der Waals surface area contributed by atoms with Gasteiger partial charge in [0, 0.05) is 34.7 Å². The molecule has 3 rings (SSSR count). The quantitative estimate of drug-likeness (QED) is 0.379. The molecular weight excluding hydrogens is 480 g/mol. The number of aliphatic imine (C=N–C) groups is 2. The maximum absolute atomic E-state index is 11.2. The van der Waals surface area contributed by atoms with Gasteiger partial charge in [0.1, 0.15) is 11.5 Å². The number of hydrogen-bond donors (Lipinski definition) is 2. The van der Waals surface area contributed by atoms with Crippen LogP contribution in [0.4, 0.5) is 0 Å². The molecule has 0 aromatic heterocycles. The Morgan fingerprint density at radius 2 is 1.15 bits per heavy atom. The molecule has 1 aliphatic rings. The molecule has 2 aromatic carbocycles. The van der Waals surface area contributed by atoms with Crippen LogP contribution in [0.3, 0.4) is 0 Å². The van der Waals surface area contributed by atoms with E-state index in [-0.39, 0.29) is 34.1 Å². The predicted octanol–water partition coefficient (Wildman–Crippen LogP) is 8.87. The molecule has 212 valence electrons. The Morgan fingerprint density at radius 1 is 0.718 bits per heavy atom. The van der Waals surface area contributed by atoms with Crippen LogP contribution in [0.2, 0.25) is 0 Å². The molecule has 2 atom stereocenters. The normalized spacial score (nSPS) is 19.2. The molecule has 0 aliphatic heterocycles. The van der Waals surface area contributed by atoms with Gasteiger partial charge in [-0.3, -0.25) is 9.98 Å². The molecule has 4 heteroatoms. The molecule has 0 amide bonds. The van der Waals surface area contributed by atoms with Gasteiger partial charge in [0.2, 0.25) is 0 Å². The van der Waals surface area contributed by atoms with E-state index in [1.54, 1.807) is 0 Å². The summed E-state index contributed by atoms with van der Waals surface area (Å²) in [4.78, 5) is 9.98. The average molecular weight is 531 g/mol. The first kappa shape index (κ1) is 30.7. The second-order valence-corrected chi connectivity index (χ2v) is 14.4. The summed E-state index contributed by atoms with van der Waals surface area (Å²) in [7, 11) is 0. The van der Waals surface area contributed by atoms with Crippen LogP contribution in [-0.4, -0.2) is 34.7 Å². The van der Waals surface area contributed by atoms with Crippen LogP contribution in [0.1, 0.15) is 128 Å². The van der Waals surface area contributed by atoms with Crippen LogP contribution in [0.15, 0.2) is 40.8 Å². The second kappa shape index (κ2) is 11.3. The van der Waals surface area contributed by atoms with E-state index in [4.69, 9.17) is 9.98 Å². The summed E-state index contributed by atoms with van der Waals surface area (Å²) in [6.45, 7) is 25.4. The minimum Gasteiger partial charge on any atom is -0.507 e. The molecule has 1 unspecified atom stereocenters. The van der Waals surface area contributed by atoms with Gasteiger partial charge in [-0.1, -0.05) is 93.4 Å². The number of benzene rings is 2. The lowest BCUT2D eigenvalue weighted by molar-refractivity contribution is 0.390. The van der Waals surface area contributed by atoms with Crippen LogP contribution in [0.5, 0.6) is 11.5 Å². The van der Waals surface area contributed by atoms with E-state index in [1.807, 2.05) is 31.5 Å². The topological polar surface area (TPSA) is 65.2 Å². The van der Waals surface area contributed by atoms with Gasteiger partial charge in [-0.05, 0) is 65.3 Å². The molecule has 0 bridgehead atoms. The Kier molecular flexibility index (Phi) is 8.89. The van der Waals surface area contributed by atoms with Crippen molar-refractivity contribution in [2.75, 3.05) is 0 Å². The first-order valence-electron chi connectivity index (χ1n) is 14.4. The van der Waals surface area contributed by atoms with Crippen LogP contribution in [0.25, 0.3) is 5.57 Å². The maximum atomic E-state index is 11.2. The predicted molar refractivity (Wildman–Crippen MR) is 168 cm³/mol. The summed E-state index contributed by atoms with van der Waals surface area (Å²) in [5, 5.41) is 22.3. The number of hydrogen-bond acceptors (Lipinski definition) is 4. The Morgan fingerprint density at radius 3 is 1.56 bits per heavy atom. The number of nitrogens with zero attached hydrogens (tertiary/aromatic N) is 2. The summed E-state index contributed by atoms with van der Waals surface area (Å²) in [6, 6.07) is 8.27. The third-order valence-corrected chi connectivity index (χ3v) is 7.76. The average Bonchev–Trinajstić information content (AvgIpc) is 2.80. The zero-order chi connectivity index (χ0) is 29.3. The fourth-order valence-corrected chi connectivity index (χ4v) is 5.13. The van der Waals surface area contributed by atoms with E-state index in [0.717, 1.165) is 59.1 Å². The molecule has 2 aromatic rings. The molecule has 1 fully saturated rings. The fourth-order valence-electron chi connectivity index (χ4n) is 5.13. The van der Waals surface area contributed by atoms with Crippen molar-refractivity contribution in [3.63, 3.8) is 0 Å². The van der Waals surface area contributed by atoms with Crippen molar-refractivity contribution in [3.05, 3.63) is 64.2 Å². The molecule has 1 saturated carbocycles. The van der Waals surface area contributed by atoms with E-state index >= 15 is 0 Å². The number of phenols is 2. The minimum atomic E-state index is -0.203. The van der Waals surface area contributed by atoms with Gasteiger partial charge < -0.3 is 10.2 Å². The molecule has 0 radical (unpaired) electrons. The van der Waals surface area contributed by atoms with Gasteiger partial charge in [0.15, 0.2) is 0 Å². The van der Waals surface area contributed by atoms with Crippen molar-refractivity contribution in [1.82, 2.24) is 0 Å². The Balaban J connectivity index is 1.98. The third-order valence-electron chi connectivity index (χ3n) is 7.76. The van der Waals surface area contributed by atoms with Crippen LogP contribution < -0.4 is 0 Å². The first-order valence-corrected chi connectivity index (χ1v) is 14.4. The molecule has 39 heavy (non-hydrogen) atoms. The SMILES string of the molecule is C=C(C)c1cc(/C=N/C2CCCC[C@@H]2/N=C/c2cc(C(C)(C)C)cc(C(C)(C)C)c2O)c(O)c(C(C)(C)C)c1. The summed E-state index contributed by atoms with van der Waals surface area (Å²) >= 11 is 0. The highest BCUT2D eigenvalue weighted by atomic mass is 16.3. The van der Waals surface area contributed by atoms with Crippen LogP contribution in [0, 0.1) is 0 Å². The number of aromatic hydroxyl groups is 2.